The van der Waals surface area contributed by atoms with Crippen molar-refractivity contribution < 1.29 is 4.74 Å². The van der Waals surface area contributed by atoms with Gasteiger partial charge in [-0.3, -0.25) is 0 Å². The fourth-order valence-corrected chi connectivity index (χ4v) is 3.28. The molecule has 1 unspecified atom stereocenters. The fraction of sp³-hybridized carbons (Fsp3) is 0.562. The van der Waals surface area contributed by atoms with E-state index in [-0.39, 0.29) is 0 Å². The lowest BCUT2D eigenvalue weighted by molar-refractivity contribution is 0.204. The summed E-state index contributed by atoms with van der Waals surface area (Å²) in [4.78, 5) is 7.00. The van der Waals surface area contributed by atoms with Gasteiger partial charge in [-0.25, -0.2) is 4.98 Å². The smallest absolute Gasteiger partial charge is 0.201 e. The van der Waals surface area contributed by atoms with Gasteiger partial charge < -0.3 is 19.9 Å². The molecule has 3 rings (SSSR count). The van der Waals surface area contributed by atoms with Crippen LogP contribution < -0.4 is 10.5 Å². The van der Waals surface area contributed by atoms with E-state index in [0.717, 1.165) is 23.3 Å². The highest BCUT2D eigenvalue weighted by Gasteiger charge is 2.18. The number of likely N-dealkylation sites (tertiary alicyclic amines) is 1. The molecule has 0 spiro atoms. The molecule has 1 aromatic carbocycles. The van der Waals surface area contributed by atoms with Crippen LogP contribution in [0, 0.1) is 0 Å². The van der Waals surface area contributed by atoms with E-state index in [1.165, 1.54) is 32.4 Å². The van der Waals surface area contributed by atoms with Crippen LogP contribution in [0.2, 0.25) is 0 Å². The molecule has 1 aliphatic heterocycles. The van der Waals surface area contributed by atoms with Gasteiger partial charge in [0.25, 0.3) is 0 Å². The van der Waals surface area contributed by atoms with Gasteiger partial charge in [0, 0.05) is 18.7 Å². The Bertz CT molecular complexity index is 616. The number of hydrogen-bond donors (Lipinski definition) is 1. The Morgan fingerprint density at radius 2 is 2.05 bits per heavy atom. The summed E-state index contributed by atoms with van der Waals surface area (Å²) in [6.07, 6.45) is 3.97. The van der Waals surface area contributed by atoms with Crippen molar-refractivity contribution in [3.8, 4) is 5.75 Å². The van der Waals surface area contributed by atoms with Gasteiger partial charge in [-0.15, -0.1) is 0 Å². The number of rotatable bonds is 4. The number of benzene rings is 1. The van der Waals surface area contributed by atoms with Crippen LogP contribution in [0.15, 0.2) is 18.2 Å². The van der Waals surface area contributed by atoms with Crippen molar-refractivity contribution in [2.45, 2.75) is 32.2 Å². The van der Waals surface area contributed by atoms with Gasteiger partial charge in [-0.1, -0.05) is 6.42 Å². The third kappa shape index (κ3) is 2.83. The number of aromatic nitrogens is 2. The van der Waals surface area contributed by atoms with E-state index in [2.05, 4.69) is 21.4 Å². The first-order valence-electron chi connectivity index (χ1n) is 7.73. The Labute approximate surface area is 125 Å². The minimum atomic E-state index is 0.306. The number of nitrogens with zero attached hydrogens (tertiary/aromatic N) is 3. The van der Waals surface area contributed by atoms with Crippen molar-refractivity contribution in [3.63, 3.8) is 0 Å². The number of piperidine rings is 1. The highest BCUT2D eigenvalue weighted by atomic mass is 16.5. The van der Waals surface area contributed by atoms with E-state index in [0.29, 0.717) is 12.0 Å². The molecule has 1 fully saturated rings. The highest BCUT2D eigenvalue weighted by molar-refractivity contribution is 5.80. The summed E-state index contributed by atoms with van der Waals surface area (Å²) in [5.74, 6) is 1.43. The molecule has 2 heterocycles. The van der Waals surface area contributed by atoms with E-state index < -0.39 is 0 Å². The maximum absolute atomic E-state index is 6.14. The van der Waals surface area contributed by atoms with Crippen LogP contribution in [0.25, 0.3) is 11.0 Å². The third-order valence-corrected chi connectivity index (χ3v) is 4.34. The van der Waals surface area contributed by atoms with E-state index in [1.807, 2.05) is 18.2 Å². The zero-order chi connectivity index (χ0) is 14.8. The molecule has 114 valence electrons. The second-order valence-electron chi connectivity index (χ2n) is 5.90. The van der Waals surface area contributed by atoms with Gasteiger partial charge in [0.2, 0.25) is 5.95 Å². The van der Waals surface area contributed by atoms with Crippen molar-refractivity contribution in [3.05, 3.63) is 18.2 Å². The second-order valence-corrected chi connectivity index (χ2v) is 5.90. The lowest BCUT2D eigenvalue weighted by atomic mass is 10.1. The van der Waals surface area contributed by atoms with Gasteiger partial charge in [0.1, 0.15) is 5.75 Å². The number of anilines is 1. The zero-order valence-electron chi connectivity index (χ0n) is 12.9. The molecule has 21 heavy (non-hydrogen) atoms. The van der Waals surface area contributed by atoms with Crippen molar-refractivity contribution >= 4 is 17.0 Å². The van der Waals surface area contributed by atoms with E-state index >= 15 is 0 Å². The molecule has 0 bridgehead atoms. The Morgan fingerprint density at radius 1 is 1.29 bits per heavy atom. The number of methoxy groups -OCH3 is 1. The number of ether oxygens (including phenoxy) is 1. The van der Waals surface area contributed by atoms with Crippen LogP contribution in [0.3, 0.4) is 0 Å². The molecule has 0 saturated carbocycles. The Morgan fingerprint density at radius 3 is 2.76 bits per heavy atom. The van der Waals surface area contributed by atoms with E-state index in [4.69, 9.17) is 10.5 Å². The summed E-state index contributed by atoms with van der Waals surface area (Å²) in [7, 11) is 1.68. The molecule has 2 N–H and O–H groups in total. The van der Waals surface area contributed by atoms with Crippen molar-refractivity contribution in [1.29, 1.82) is 0 Å². The molecule has 2 aromatic rings. The van der Waals surface area contributed by atoms with Gasteiger partial charge >= 0.3 is 0 Å². The molecular formula is C16H24N4O. The topological polar surface area (TPSA) is 56.3 Å². The minimum Gasteiger partial charge on any atom is -0.497 e. The van der Waals surface area contributed by atoms with Gasteiger partial charge in [0.05, 0.1) is 18.1 Å². The largest absolute Gasteiger partial charge is 0.497 e. The highest BCUT2D eigenvalue weighted by Crippen LogP contribution is 2.27. The molecule has 0 radical (unpaired) electrons. The monoisotopic (exact) mass is 288 g/mol. The maximum atomic E-state index is 6.14. The predicted octanol–water partition coefficient (Wildman–Crippen LogP) is 2.67. The van der Waals surface area contributed by atoms with E-state index in [1.54, 1.807) is 7.11 Å². The molecule has 1 saturated heterocycles. The second kappa shape index (κ2) is 5.93. The molecule has 0 aliphatic carbocycles. The van der Waals surface area contributed by atoms with Crippen LogP contribution >= 0.6 is 0 Å². The summed E-state index contributed by atoms with van der Waals surface area (Å²) < 4.78 is 7.46. The minimum absolute atomic E-state index is 0.306. The summed E-state index contributed by atoms with van der Waals surface area (Å²) in [6.45, 7) is 5.62. The quantitative estimate of drug-likeness (QED) is 0.939. The average Bonchev–Trinajstić information content (AvgIpc) is 2.83. The van der Waals surface area contributed by atoms with Gasteiger partial charge in [-0.2, -0.15) is 0 Å². The zero-order valence-corrected chi connectivity index (χ0v) is 12.9. The third-order valence-electron chi connectivity index (χ3n) is 4.34. The summed E-state index contributed by atoms with van der Waals surface area (Å²) in [6, 6.07) is 6.22. The van der Waals surface area contributed by atoms with Gasteiger partial charge in [0.15, 0.2) is 0 Å². The predicted molar refractivity (Wildman–Crippen MR) is 85.7 cm³/mol. The van der Waals surface area contributed by atoms with Crippen LogP contribution in [-0.4, -0.2) is 41.2 Å². The van der Waals surface area contributed by atoms with Crippen molar-refractivity contribution in [1.82, 2.24) is 14.5 Å². The number of nitrogens with two attached hydrogens (primary N) is 1. The van der Waals surface area contributed by atoms with E-state index in [9.17, 15) is 0 Å². The standard InChI is InChI=1S/C16H24N4O/c1-12(11-19-8-4-3-5-9-19)20-15-10-13(21-2)6-7-14(15)18-16(20)17/h6-7,10,12H,3-5,8-9,11H2,1-2H3,(H2,17,18). The SMILES string of the molecule is COc1ccc2nc(N)n(C(C)CN3CCCCC3)c2c1. The normalized spacial score (nSPS) is 18.0. The first-order chi connectivity index (χ1) is 10.2. The average molecular weight is 288 g/mol. The first kappa shape index (κ1) is 14.2. The summed E-state index contributed by atoms with van der Waals surface area (Å²) in [5, 5.41) is 0. The lowest BCUT2D eigenvalue weighted by Gasteiger charge is -2.30. The van der Waals surface area contributed by atoms with Gasteiger partial charge in [-0.05, 0) is 45.0 Å². The van der Waals surface area contributed by atoms with Crippen LogP contribution in [0.4, 0.5) is 5.95 Å². The van der Waals surface area contributed by atoms with Crippen LogP contribution in [0.5, 0.6) is 5.75 Å². The fourth-order valence-electron chi connectivity index (χ4n) is 3.28. The lowest BCUT2D eigenvalue weighted by Crippen LogP contribution is -2.34. The number of hydrogen-bond acceptors (Lipinski definition) is 4. The molecule has 5 nitrogen and oxygen atoms in total. The number of nitrogen functional groups attached to an aromatic ring is 1. The summed E-state index contributed by atoms with van der Waals surface area (Å²) in [5.41, 5.74) is 8.13. The molecule has 1 atom stereocenters. The Balaban J connectivity index is 1.88. The van der Waals surface area contributed by atoms with Crippen molar-refractivity contribution in [2.24, 2.45) is 0 Å². The maximum Gasteiger partial charge on any atom is 0.201 e. The first-order valence-corrected chi connectivity index (χ1v) is 7.73. The molecule has 5 heteroatoms. The van der Waals surface area contributed by atoms with Crippen LogP contribution in [0.1, 0.15) is 32.2 Å². The molecule has 1 aliphatic rings. The van der Waals surface area contributed by atoms with Crippen molar-refractivity contribution in [2.75, 3.05) is 32.5 Å². The Kier molecular flexibility index (Phi) is 4.01. The summed E-state index contributed by atoms with van der Waals surface area (Å²) >= 11 is 0. The van der Waals surface area contributed by atoms with Crippen LogP contribution in [-0.2, 0) is 0 Å². The number of imidazole rings is 1. The molecule has 1 aromatic heterocycles. The molecular weight excluding hydrogens is 264 g/mol. The number of fused-ring (bicyclic) bond motifs is 1. The Hall–Kier alpha value is -1.75. The molecule has 0 amide bonds.